The van der Waals surface area contributed by atoms with Gasteiger partial charge in [0.2, 0.25) is 10.0 Å². The predicted octanol–water partition coefficient (Wildman–Crippen LogP) is 5.82. The van der Waals surface area contributed by atoms with Gasteiger partial charge in [-0.2, -0.15) is 0 Å². The van der Waals surface area contributed by atoms with Crippen LogP contribution in [0.2, 0.25) is 5.02 Å². The molecule has 0 aromatic heterocycles. The van der Waals surface area contributed by atoms with Crippen LogP contribution in [0.25, 0.3) is 0 Å². The molecule has 0 radical (unpaired) electrons. The van der Waals surface area contributed by atoms with Crippen molar-refractivity contribution in [1.82, 2.24) is 4.72 Å². The number of aryl methyl sites for hydroxylation is 1. The second-order valence-electron chi connectivity index (χ2n) is 13.8. The number of carbonyl (C=O) groups is 2. The van der Waals surface area contributed by atoms with Gasteiger partial charge >= 0.3 is 5.97 Å². The van der Waals surface area contributed by atoms with Gasteiger partial charge in [0, 0.05) is 41.9 Å². The lowest BCUT2D eigenvalue weighted by Crippen LogP contribution is -2.49. The van der Waals surface area contributed by atoms with E-state index in [4.69, 9.17) is 21.1 Å². The first kappa shape index (κ1) is 30.6. The van der Waals surface area contributed by atoms with Gasteiger partial charge in [-0.3, -0.25) is 9.59 Å². The summed E-state index contributed by atoms with van der Waals surface area (Å²) in [6.07, 6.45) is 11.0. The number of allylic oxidation sites excluding steroid dienone is 1. The summed E-state index contributed by atoms with van der Waals surface area (Å²) in [4.78, 5) is 28.0. The van der Waals surface area contributed by atoms with Crippen molar-refractivity contribution in [2.45, 2.75) is 69.8 Å². The molecule has 2 aromatic rings. The minimum absolute atomic E-state index is 0.102. The number of hydrogen-bond donors (Lipinski definition) is 1. The maximum Gasteiger partial charge on any atom is 0.303 e. The SMILES string of the molecule is CC(=O)O[C@H]1/C=C/C[C@H](C2CC2)CS(=O)(=O)NC(=O)c2ccc3c(c2)N(CC2CCC21)C[C@@]1(CCCc2cc(Cl)ccc21)CO3. The molecule has 5 aliphatic rings. The van der Waals surface area contributed by atoms with Crippen LogP contribution in [0, 0.1) is 23.7 Å². The largest absolute Gasteiger partial charge is 0.490 e. The number of fused-ring (bicyclic) bond motifs is 4. The van der Waals surface area contributed by atoms with Crippen molar-refractivity contribution in [2.24, 2.45) is 23.7 Å². The fourth-order valence-electron chi connectivity index (χ4n) is 8.13. The highest BCUT2D eigenvalue weighted by molar-refractivity contribution is 7.90. The van der Waals surface area contributed by atoms with Crippen LogP contribution in [0.1, 0.15) is 73.4 Å². The van der Waals surface area contributed by atoms with Crippen molar-refractivity contribution in [3.63, 3.8) is 0 Å². The van der Waals surface area contributed by atoms with E-state index in [0.717, 1.165) is 55.7 Å². The van der Waals surface area contributed by atoms with Crippen LogP contribution in [-0.4, -0.2) is 51.8 Å². The number of ether oxygens (including phenoxy) is 2. The summed E-state index contributed by atoms with van der Waals surface area (Å²) in [6.45, 7) is 3.31. The van der Waals surface area contributed by atoms with Crippen LogP contribution in [0.4, 0.5) is 5.69 Å². The summed E-state index contributed by atoms with van der Waals surface area (Å²) in [5.74, 6) is 0.240. The Labute approximate surface area is 270 Å². The molecule has 45 heavy (non-hydrogen) atoms. The molecule has 8 nitrogen and oxygen atoms in total. The van der Waals surface area contributed by atoms with Gasteiger partial charge in [-0.25, -0.2) is 13.1 Å². The highest BCUT2D eigenvalue weighted by atomic mass is 35.5. The second-order valence-corrected chi connectivity index (χ2v) is 16.0. The van der Waals surface area contributed by atoms with Crippen LogP contribution in [0.3, 0.4) is 0 Å². The van der Waals surface area contributed by atoms with Gasteiger partial charge in [-0.05, 0) is 117 Å². The Hall–Kier alpha value is -3.04. The number of benzene rings is 2. The predicted molar refractivity (Wildman–Crippen MR) is 173 cm³/mol. The molecule has 1 N–H and O–H groups in total. The van der Waals surface area contributed by atoms with E-state index in [2.05, 4.69) is 21.8 Å². The van der Waals surface area contributed by atoms with Crippen molar-refractivity contribution < 1.29 is 27.5 Å². The van der Waals surface area contributed by atoms with E-state index >= 15 is 0 Å². The van der Waals surface area contributed by atoms with Gasteiger partial charge in [0.05, 0.1) is 18.0 Å². The molecule has 1 amide bonds. The van der Waals surface area contributed by atoms with Crippen LogP contribution in [0.15, 0.2) is 48.6 Å². The number of nitrogens with one attached hydrogen (secondary N) is 1. The minimum atomic E-state index is -3.88. The molecule has 2 unspecified atom stereocenters. The number of sulfonamides is 1. The Morgan fingerprint density at radius 1 is 1.09 bits per heavy atom. The summed E-state index contributed by atoms with van der Waals surface area (Å²) in [5, 5.41) is 0.726. The zero-order valence-corrected chi connectivity index (χ0v) is 27.2. The molecule has 3 aliphatic carbocycles. The first-order valence-corrected chi connectivity index (χ1v) is 18.3. The van der Waals surface area contributed by atoms with Crippen molar-refractivity contribution in [1.29, 1.82) is 0 Å². The van der Waals surface area contributed by atoms with E-state index in [9.17, 15) is 18.0 Å². The van der Waals surface area contributed by atoms with E-state index in [1.165, 1.54) is 18.1 Å². The lowest BCUT2D eigenvalue weighted by atomic mass is 9.68. The standard InChI is InChI=1S/C35H41ClN2O6S/c1-22(39)44-32-6-2-4-27(23-7-8-23)19-45(41,42)37-34(40)25-10-14-33-31(17-25)38(18-26-9-12-29(26)32)20-35(21-43-33)15-3-5-24-16-28(36)11-13-30(24)35/h2,6,10-11,13-14,16-17,23,26-27,29,32H,3-5,7-9,12,15,18-21H2,1H3,(H,37,40)/b6-2+/t26?,27-,29?,32-,35-/m0/s1. The molecule has 5 atom stereocenters. The Balaban J connectivity index is 1.29. The molecular formula is C35H41ClN2O6S. The highest BCUT2D eigenvalue weighted by Gasteiger charge is 2.45. The molecular weight excluding hydrogens is 612 g/mol. The summed E-state index contributed by atoms with van der Waals surface area (Å²) >= 11 is 6.41. The quantitative estimate of drug-likeness (QED) is 0.322. The van der Waals surface area contributed by atoms with Crippen molar-refractivity contribution in [3.8, 4) is 5.75 Å². The monoisotopic (exact) mass is 652 g/mol. The maximum atomic E-state index is 13.4. The molecule has 1 spiro atoms. The van der Waals surface area contributed by atoms with Crippen LogP contribution >= 0.6 is 11.6 Å². The van der Waals surface area contributed by atoms with Gasteiger partial charge in [-0.15, -0.1) is 0 Å². The average molecular weight is 653 g/mol. The lowest BCUT2D eigenvalue weighted by Gasteiger charge is -2.46. The average Bonchev–Trinajstić information content (AvgIpc) is 3.82. The number of halogens is 1. The summed E-state index contributed by atoms with van der Waals surface area (Å²) in [7, 11) is -3.88. The van der Waals surface area contributed by atoms with E-state index < -0.39 is 15.9 Å². The normalized spacial score (nSPS) is 31.7. The van der Waals surface area contributed by atoms with E-state index in [-0.39, 0.29) is 46.6 Å². The van der Waals surface area contributed by atoms with Gasteiger partial charge in [0.25, 0.3) is 5.91 Å². The molecule has 2 bridgehead atoms. The number of esters is 1. The van der Waals surface area contributed by atoms with Crippen molar-refractivity contribution >= 4 is 39.2 Å². The Bertz CT molecular complexity index is 1640. The molecule has 10 heteroatoms. The Morgan fingerprint density at radius 2 is 1.91 bits per heavy atom. The van der Waals surface area contributed by atoms with Gasteiger partial charge < -0.3 is 14.4 Å². The molecule has 2 aromatic carbocycles. The molecule has 7 rings (SSSR count). The van der Waals surface area contributed by atoms with Crippen LogP contribution in [-0.2, 0) is 31.4 Å². The molecule has 2 heterocycles. The third-order valence-electron chi connectivity index (χ3n) is 10.7. The number of anilines is 1. The Kier molecular flexibility index (Phi) is 8.13. The van der Waals surface area contributed by atoms with E-state index in [0.29, 0.717) is 37.8 Å². The molecule has 2 saturated carbocycles. The molecule has 0 saturated heterocycles. The topological polar surface area (TPSA) is 102 Å². The fourth-order valence-corrected chi connectivity index (χ4v) is 9.78. The minimum Gasteiger partial charge on any atom is -0.490 e. The van der Waals surface area contributed by atoms with Crippen LogP contribution in [0.5, 0.6) is 5.75 Å². The second kappa shape index (κ2) is 12.0. The van der Waals surface area contributed by atoms with Gasteiger partial charge in [0.15, 0.2) is 0 Å². The van der Waals surface area contributed by atoms with Gasteiger partial charge in [0.1, 0.15) is 11.9 Å². The first-order valence-electron chi connectivity index (χ1n) is 16.3. The highest BCUT2D eigenvalue weighted by Crippen LogP contribution is 2.47. The smallest absolute Gasteiger partial charge is 0.303 e. The van der Waals surface area contributed by atoms with Gasteiger partial charge in [-0.1, -0.05) is 23.7 Å². The summed E-state index contributed by atoms with van der Waals surface area (Å²) < 4.78 is 41.3. The summed E-state index contributed by atoms with van der Waals surface area (Å²) in [5.41, 5.74) is 3.28. The molecule has 2 fully saturated rings. The number of hydrogen-bond acceptors (Lipinski definition) is 7. The van der Waals surface area contributed by atoms with Crippen molar-refractivity contribution in [2.75, 3.05) is 30.3 Å². The zero-order valence-electron chi connectivity index (χ0n) is 25.7. The number of amides is 1. The fraction of sp³-hybridized carbons (Fsp3) is 0.543. The molecule has 240 valence electrons. The zero-order chi connectivity index (χ0) is 31.3. The van der Waals surface area contributed by atoms with E-state index in [1.807, 2.05) is 18.2 Å². The van der Waals surface area contributed by atoms with E-state index in [1.54, 1.807) is 18.2 Å². The number of nitrogens with zero attached hydrogens (tertiary/aromatic N) is 1. The Morgan fingerprint density at radius 3 is 2.67 bits per heavy atom. The third-order valence-corrected chi connectivity index (χ3v) is 12.3. The van der Waals surface area contributed by atoms with Crippen LogP contribution < -0.4 is 14.4 Å². The third kappa shape index (κ3) is 6.35. The number of rotatable bonds is 2. The number of carbonyl (C=O) groups excluding carboxylic acids is 2. The van der Waals surface area contributed by atoms with Crippen molar-refractivity contribution in [3.05, 3.63) is 70.3 Å². The maximum absolute atomic E-state index is 13.4. The first-order chi connectivity index (χ1) is 21.6. The summed E-state index contributed by atoms with van der Waals surface area (Å²) in [6, 6.07) is 11.4. The lowest BCUT2D eigenvalue weighted by molar-refractivity contribution is -0.149. The molecule has 2 aliphatic heterocycles.